The zero-order valence-electron chi connectivity index (χ0n) is 13.6. The molecule has 1 aliphatic heterocycles. The van der Waals surface area contributed by atoms with Gasteiger partial charge in [-0.3, -0.25) is 9.59 Å². The van der Waals surface area contributed by atoms with E-state index in [9.17, 15) is 14.9 Å². The molecule has 3 rings (SSSR count). The summed E-state index contributed by atoms with van der Waals surface area (Å²) in [5, 5.41) is 10.1. The minimum atomic E-state index is -0.843. The van der Waals surface area contributed by atoms with Crippen molar-refractivity contribution in [3.05, 3.63) is 29.3 Å². The van der Waals surface area contributed by atoms with Gasteiger partial charge in [-0.2, -0.15) is 5.26 Å². The van der Waals surface area contributed by atoms with Gasteiger partial charge in [-0.15, -0.1) is 11.3 Å². The number of rotatable bonds is 4. The SMILES string of the molecule is CCC(=O)N1CCC[C@@H](C(=O)[C@H](C#N)c2nc3ccccc3s2)C1. The number of nitrogens with zero attached hydrogens (tertiary/aromatic N) is 3. The number of thiazole rings is 1. The molecule has 0 radical (unpaired) electrons. The van der Waals surface area contributed by atoms with Crippen molar-refractivity contribution in [1.29, 1.82) is 5.26 Å². The van der Waals surface area contributed by atoms with Crippen LogP contribution in [0.15, 0.2) is 24.3 Å². The van der Waals surface area contributed by atoms with Gasteiger partial charge in [0.15, 0.2) is 11.7 Å². The molecule has 1 aromatic heterocycles. The molecule has 0 unspecified atom stereocenters. The van der Waals surface area contributed by atoms with Crippen LogP contribution in [-0.2, 0) is 9.59 Å². The molecule has 1 aliphatic rings. The summed E-state index contributed by atoms with van der Waals surface area (Å²) in [6.45, 7) is 2.95. The number of fused-ring (bicyclic) bond motifs is 1. The van der Waals surface area contributed by atoms with Gasteiger partial charge in [0.1, 0.15) is 5.01 Å². The normalized spacial score (nSPS) is 19.0. The lowest BCUT2D eigenvalue weighted by atomic mass is 9.87. The Bertz CT molecular complexity index is 775. The fourth-order valence-electron chi connectivity index (χ4n) is 3.15. The van der Waals surface area contributed by atoms with E-state index in [1.54, 1.807) is 4.90 Å². The van der Waals surface area contributed by atoms with Crippen LogP contribution in [0.1, 0.15) is 37.1 Å². The summed E-state index contributed by atoms with van der Waals surface area (Å²) < 4.78 is 0.979. The molecule has 2 heterocycles. The maximum Gasteiger partial charge on any atom is 0.222 e. The van der Waals surface area contributed by atoms with Crippen LogP contribution >= 0.6 is 11.3 Å². The van der Waals surface area contributed by atoms with E-state index < -0.39 is 5.92 Å². The zero-order valence-corrected chi connectivity index (χ0v) is 14.4. The monoisotopic (exact) mass is 341 g/mol. The Labute approximate surface area is 144 Å². The molecule has 1 aromatic carbocycles. The Hall–Kier alpha value is -2.26. The number of para-hydroxylation sites is 1. The lowest BCUT2D eigenvalue weighted by Crippen LogP contribution is -2.43. The van der Waals surface area contributed by atoms with Crippen molar-refractivity contribution in [1.82, 2.24) is 9.88 Å². The van der Waals surface area contributed by atoms with E-state index in [0.717, 1.165) is 23.1 Å². The topological polar surface area (TPSA) is 74.1 Å². The largest absolute Gasteiger partial charge is 0.342 e. The van der Waals surface area contributed by atoms with E-state index in [1.165, 1.54) is 11.3 Å². The maximum absolute atomic E-state index is 12.9. The molecule has 2 atom stereocenters. The number of benzene rings is 1. The Balaban J connectivity index is 1.81. The van der Waals surface area contributed by atoms with Crippen molar-refractivity contribution in [2.75, 3.05) is 13.1 Å². The van der Waals surface area contributed by atoms with Gasteiger partial charge in [0.05, 0.1) is 16.3 Å². The molecule has 1 fully saturated rings. The molecule has 0 spiro atoms. The third kappa shape index (κ3) is 3.17. The van der Waals surface area contributed by atoms with Crippen molar-refractivity contribution in [2.45, 2.75) is 32.1 Å². The number of Topliss-reactive ketones (excluding diaryl/α,β-unsaturated/α-hetero) is 1. The van der Waals surface area contributed by atoms with Crippen LogP contribution in [-0.4, -0.2) is 34.7 Å². The molecular formula is C18H19N3O2S. The fourth-order valence-corrected chi connectivity index (χ4v) is 4.17. The van der Waals surface area contributed by atoms with Crippen molar-refractivity contribution in [3.63, 3.8) is 0 Å². The molecule has 24 heavy (non-hydrogen) atoms. The Morgan fingerprint density at radius 3 is 2.96 bits per heavy atom. The van der Waals surface area contributed by atoms with Gasteiger partial charge in [-0.25, -0.2) is 4.98 Å². The van der Waals surface area contributed by atoms with Crippen LogP contribution < -0.4 is 0 Å². The standard InChI is InChI=1S/C18H19N3O2S/c1-2-16(22)21-9-5-6-12(11-21)17(23)13(10-19)18-20-14-7-3-4-8-15(14)24-18/h3-4,7-8,12-13H,2,5-6,9,11H2,1H3/t12-,13+/m1/s1. The van der Waals surface area contributed by atoms with Crippen LogP contribution in [0.3, 0.4) is 0 Å². The first-order valence-electron chi connectivity index (χ1n) is 8.20. The second-order valence-electron chi connectivity index (χ2n) is 6.02. The number of likely N-dealkylation sites (tertiary alicyclic amines) is 1. The number of ketones is 1. The molecule has 0 aliphatic carbocycles. The van der Waals surface area contributed by atoms with Gasteiger partial charge < -0.3 is 4.90 Å². The van der Waals surface area contributed by atoms with E-state index in [4.69, 9.17) is 0 Å². The Morgan fingerprint density at radius 2 is 2.25 bits per heavy atom. The predicted octanol–water partition coefficient (Wildman–Crippen LogP) is 3.12. The third-order valence-electron chi connectivity index (χ3n) is 4.45. The van der Waals surface area contributed by atoms with Crippen molar-refractivity contribution >= 4 is 33.2 Å². The van der Waals surface area contributed by atoms with E-state index >= 15 is 0 Å². The molecule has 2 aromatic rings. The Morgan fingerprint density at radius 1 is 1.46 bits per heavy atom. The summed E-state index contributed by atoms with van der Waals surface area (Å²) in [6, 6.07) is 9.77. The number of carbonyl (C=O) groups excluding carboxylic acids is 2. The van der Waals surface area contributed by atoms with Gasteiger partial charge in [-0.1, -0.05) is 19.1 Å². The van der Waals surface area contributed by atoms with Gasteiger partial charge in [0, 0.05) is 25.4 Å². The summed E-state index contributed by atoms with van der Waals surface area (Å²) in [6.07, 6.45) is 1.98. The minimum Gasteiger partial charge on any atom is -0.342 e. The van der Waals surface area contributed by atoms with Crippen LogP contribution in [0.4, 0.5) is 0 Å². The van der Waals surface area contributed by atoms with Crippen LogP contribution in [0.2, 0.25) is 0 Å². The molecule has 0 bridgehead atoms. The number of hydrogen-bond acceptors (Lipinski definition) is 5. The predicted molar refractivity (Wildman–Crippen MR) is 92.6 cm³/mol. The van der Waals surface area contributed by atoms with E-state index in [0.29, 0.717) is 24.5 Å². The van der Waals surface area contributed by atoms with Crippen LogP contribution in [0.25, 0.3) is 10.2 Å². The number of nitriles is 1. The van der Waals surface area contributed by atoms with Crippen LogP contribution in [0, 0.1) is 17.2 Å². The number of piperidine rings is 1. The number of carbonyl (C=O) groups is 2. The first-order chi connectivity index (χ1) is 11.6. The van der Waals surface area contributed by atoms with Gasteiger partial charge >= 0.3 is 0 Å². The smallest absolute Gasteiger partial charge is 0.222 e. The van der Waals surface area contributed by atoms with Gasteiger partial charge in [0.2, 0.25) is 5.91 Å². The second kappa shape index (κ2) is 7.10. The number of hydrogen-bond donors (Lipinski definition) is 0. The Kier molecular flexibility index (Phi) is 4.91. The average molecular weight is 341 g/mol. The van der Waals surface area contributed by atoms with Crippen molar-refractivity contribution in [2.24, 2.45) is 5.92 Å². The van der Waals surface area contributed by atoms with Gasteiger partial charge in [-0.05, 0) is 25.0 Å². The highest BCUT2D eigenvalue weighted by atomic mass is 32.1. The first-order valence-corrected chi connectivity index (χ1v) is 9.02. The molecule has 124 valence electrons. The minimum absolute atomic E-state index is 0.0704. The second-order valence-corrected chi connectivity index (χ2v) is 7.08. The summed E-state index contributed by atoms with van der Waals surface area (Å²) in [5.74, 6) is -1.15. The highest BCUT2D eigenvalue weighted by molar-refractivity contribution is 7.18. The number of aromatic nitrogens is 1. The summed E-state index contributed by atoms with van der Waals surface area (Å²) in [5.41, 5.74) is 0.817. The van der Waals surface area contributed by atoms with E-state index in [2.05, 4.69) is 11.1 Å². The van der Waals surface area contributed by atoms with Crippen molar-refractivity contribution < 1.29 is 9.59 Å². The third-order valence-corrected chi connectivity index (χ3v) is 5.55. The van der Waals surface area contributed by atoms with Crippen molar-refractivity contribution in [3.8, 4) is 6.07 Å². The average Bonchev–Trinajstić information content (AvgIpc) is 3.05. The molecule has 1 amide bonds. The highest BCUT2D eigenvalue weighted by Gasteiger charge is 2.34. The summed E-state index contributed by atoms with van der Waals surface area (Å²) in [4.78, 5) is 31.0. The molecule has 6 heteroatoms. The summed E-state index contributed by atoms with van der Waals surface area (Å²) >= 11 is 1.40. The van der Waals surface area contributed by atoms with Crippen LogP contribution in [0.5, 0.6) is 0 Å². The van der Waals surface area contributed by atoms with Gasteiger partial charge in [0.25, 0.3) is 0 Å². The summed E-state index contributed by atoms with van der Waals surface area (Å²) in [7, 11) is 0. The zero-order chi connectivity index (χ0) is 17.1. The van der Waals surface area contributed by atoms with E-state index in [1.807, 2.05) is 31.2 Å². The molecular weight excluding hydrogens is 322 g/mol. The number of amides is 1. The molecule has 1 saturated heterocycles. The lowest BCUT2D eigenvalue weighted by molar-refractivity contribution is -0.134. The fraction of sp³-hybridized carbons (Fsp3) is 0.444. The first kappa shape index (κ1) is 16.6. The quantitative estimate of drug-likeness (QED) is 0.856. The maximum atomic E-state index is 12.9. The lowest BCUT2D eigenvalue weighted by Gasteiger charge is -2.32. The molecule has 0 saturated carbocycles. The molecule has 5 nitrogen and oxygen atoms in total. The highest BCUT2D eigenvalue weighted by Crippen LogP contribution is 2.31. The van der Waals surface area contributed by atoms with E-state index in [-0.39, 0.29) is 17.6 Å². The molecule has 0 N–H and O–H groups in total.